The van der Waals surface area contributed by atoms with E-state index in [4.69, 9.17) is 27.9 Å². The van der Waals surface area contributed by atoms with E-state index in [1.165, 1.54) is 23.1 Å². The maximum atomic E-state index is 14.7. The summed E-state index contributed by atoms with van der Waals surface area (Å²) in [6.45, 7) is -0.614. The molecule has 252 valence electrons. The van der Waals surface area contributed by atoms with E-state index >= 15 is 0 Å². The molecule has 0 aromatic heterocycles. The summed E-state index contributed by atoms with van der Waals surface area (Å²) < 4.78 is 34.8. The highest BCUT2D eigenvalue weighted by molar-refractivity contribution is 7.92. The van der Waals surface area contributed by atoms with Crippen LogP contribution in [0.4, 0.5) is 5.69 Å². The first-order valence-electron chi connectivity index (χ1n) is 16.0. The summed E-state index contributed by atoms with van der Waals surface area (Å²) >= 11 is 12.9. The Bertz CT molecular complexity index is 1800. The zero-order chi connectivity index (χ0) is 34.1. The maximum absolute atomic E-state index is 14.7. The quantitative estimate of drug-likeness (QED) is 0.158. The van der Waals surface area contributed by atoms with Crippen LogP contribution in [0.15, 0.2) is 108 Å². The number of hydrogen-bond acceptors (Lipinski definition) is 5. The van der Waals surface area contributed by atoms with E-state index in [-0.39, 0.29) is 45.5 Å². The molecule has 2 amide bonds. The zero-order valence-electron chi connectivity index (χ0n) is 26.7. The summed E-state index contributed by atoms with van der Waals surface area (Å²) in [7, 11) is -2.76. The Morgan fingerprint density at radius 2 is 1.50 bits per heavy atom. The molecule has 0 bridgehead atoms. The summed E-state index contributed by atoms with van der Waals surface area (Å²) in [6.07, 6.45) is 5.12. The molecule has 4 aromatic rings. The van der Waals surface area contributed by atoms with Gasteiger partial charge in [-0.15, -0.1) is 0 Å². The standard InChI is InChI=1S/C37H39Cl2N3O5S/c1-47-30-18-11-15-28(23-30)25-41(34(24-27-13-5-2-6-14-27)37(44)40-29-16-7-3-8-17-29)35(43)26-42(33-22-12-21-32(38)36(33)39)48(45,46)31-19-9-4-10-20-31/h2,4-6,9-15,18-23,29,34H,3,7-8,16-17,24-26H2,1H3,(H,40,44)/t34-/m0/s1. The Labute approximate surface area is 292 Å². The van der Waals surface area contributed by atoms with Gasteiger partial charge < -0.3 is 15.0 Å². The van der Waals surface area contributed by atoms with Gasteiger partial charge in [-0.2, -0.15) is 0 Å². The molecule has 1 saturated carbocycles. The van der Waals surface area contributed by atoms with Gasteiger partial charge in [-0.25, -0.2) is 8.42 Å². The van der Waals surface area contributed by atoms with Crippen molar-refractivity contribution in [2.45, 2.75) is 62.0 Å². The molecule has 11 heteroatoms. The number of nitrogens with one attached hydrogen (secondary N) is 1. The molecule has 0 saturated heterocycles. The van der Waals surface area contributed by atoms with Crippen LogP contribution in [0.25, 0.3) is 0 Å². The number of carbonyl (C=O) groups is 2. The summed E-state index contributed by atoms with van der Waals surface area (Å²) in [5.41, 5.74) is 1.62. The molecule has 0 spiro atoms. The highest BCUT2D eigenvalue weighted by atomic mass is 35.5. The fraction of sp³-hybridized carbons (Fsp3) is 0.297. The van der Waals surface area contributed by atoms with Gasteiger partial charge in [0.25, 0.3) is 10.0 Å². The van der Waals surface area contributed by atoms with Gasteiger partial charge in [0.2, 0.25) is 11.8 Å². The average Bonchev–Trinajstić information content (AvgIpc) is 3.11. The molecule has 5 rings (SSSR count). The van der Waals surface area contributed by atoms with E-state index in [1.807, 2.05) is 42.5 Å². The van der Waals surface area contributed by atoms with Crippen molar-refractivity contribution in [3.63, 3.8) is 0 Å². The number of benzene rings is 4. The maximum Gasteiger partial charge on any atom is 0.264 e. The minimum Gasteiger partial charge on any atom is -0.497 e. The van der Waals surface area contributed by atoms with Crippen LogP contribution in [0.1, 0.15) is 43.2 Å². The highest BCUT2D eigenvalue weighted by Gasteiger charge is 2.36. The third-order valence-corrected chi connectivity index (χ3v) is 11.1. The number of carbonyl (C=O) groups excluding carboxylic acids is 2. The minimum absolute atomic E-state index is 0.00137. The van der Waals surface area contributed by atoms with Gasteiger partial charge in [-0.3, -0.25) is 13.9 Å². The van der Waals surface area contributed by atoms with E-state index < -0.39 is 28.5 Å². The first kappa shape index (κ1) is 35.3. The van der Waals surface area contributed by atoms with Gasteiger partial charge in [0.05, 0.1) is 27.7 Å². The number of halogens is 2. The van der Waals surface area contributed by atoms with Crippen LogP contribution in [0.2, 0.25) is 10.0 Å². The van der Waals surface area contributed by atoms with Gasteiger partial charge >= 0.3 is 0 Å². The molecule has 1 aliphatic rings. The van der Waals surface area contributed by atoms with E-state index in [2.05, 4.69) is 5.32 Å². The second-order valence-corrected chi connectivity index (χ2v) is 14.5. The fourth-order valence-electron chi connectivity index (χ4n) is 5.98. The number of methoxy groups -OCH3 is 1. The normalized spacial score (nSPS) is 14.1. The summed E-state index contributed by atoms with van der Waals surface area (Å²) in [4.78, 5) is 30.4. The molecule has 0 heterocycles. The first-order valence-corrected chi connectivity index (χ1v) is 18.2. The Kier molecular flexibility index (Phi) is 12.0. The van der Waals surface area contributed by atoms with Crippen LogP contribution in [-0.4, -0.2) is 50.9 Å². The molecule has 1 atom stereocenters. The van der Waals surface area contributed by atoms with Crippen molar-refractivity contribution in [2.24, 2.45) is 0 Å². The fourth-order valence-corrected chi connectivity index (χ4v) is 7.88. The molecule has 1 aliphatic carbocycles. The molecule has 0 radical (unpaired) electrons. The monoisotopic (exact) mass is 707 g/mol. The van der Waals surface area contributed by atoms with Crippen molar-refractivity contribution in [3.8, 4) is 5.75 Å². The van der Waals surface area contributed by atoms with E-state index in [9.17, 15) is 18.0 Å². The zero-order valence-corrected chi connectivity index (χ0v) is 29.1. The largest absolute Gasteiger partial charge is 0.497 e. The molecule has 1 fully saturated rings. The van der Waals surface area contributed by atoms with Crippen LogP contribution in [0.5, 0.6) is 5.75 Å². The van der Waals surface area contributed by atoms with E-state index in [1.54, 1.807) is 49.6 Å². The molecule has 0 unspecified atom stereocenters. The first-order chi connectivity index (χ1) is 23.2. The number of amides is 2. The van der Waals surface area contributed by atoms with Crippen molar-refractivity contribution in [1.29, 1.82) is 0 Å². The van der Waals surface area contributed by atoms with Crippen molar-refractivity contribution >= 4 is 50.7 Å². The number of nitrogens with zero attached hydrogens (tertiary/aromatic N) is 2. The molecule has 4 aromatic carbocycles. The second kappa shape index (κ2) is 16.4. The molecular weight excluding hydrogens is 669 g/mol. The van der Waals surface area contributed by atoms with Gasteiger partial charge in [0.1, 0.15) is 18.3 Å². The third-order valence-electron chi connectivity index (χ3n) is 8.52. The summed E-state index contributed by atoms with van der Waals surface area (Å²) in [6, 6.07) is 28.2. The number of ether oxygens (including phenoxy) is 1. The highest BCUT2D eigenvalue weighted by Crippen LogP contribution is 2.35. The topological polar surface area (TPSA) is 96.0 Å². The molecular formula is C37H39Cl2N3O5S. The summed E-state index contributed by atoms with van der Waals surface area (Å²) in [5.74, 6) is -0.293. The lowest BCUT2D eigenvalue weighted by Gasteiger charge is -2.35. The summed E-state index contributed by atoms with van der Waals surface area (Å²) in [5, 5.41) is 3.34. The van der Waals surface area contributed by atoms with E-state index in [0.717, 1.165) is 42.0 Å². The third kappa shape index (κ3) is 8.69. The van der Waals surface area contributed by atoms with Crippen LogP contribution < -0.4 is 14.4 Å². The lowest BCUT2D eigenvalue weighted by atomic mass is 9.94. The second-order valence-electron chi connectivity index (χ2n) is 11.8. The molecule has 48 heavy (non-hydrogen) atoms. The van der Waals surface area contributed by atoms with Gasteiger partial charge in [-0.1, -0.05) is 109 Å². The smallest absolute Gasteiger partial charge is 0.264 e. The lowest BCUT2D eigenvalue weighted by molar-refractivity contribution is -0.140. The Hall–Kier alpha value is -4.05. The van der Waals surface area contributed by atoms with Crippen LogP contribution in [-0.2, 0) is 32.6 Å². The predicted octanol–water partition coefficient (Wildman–Crippen LogP) is 7.29. The lowest BCUT2D eigenvalue weighted by Crippen LogP contribution is -2.55. The Morgan fingerprint density at radius 3 is 2.19 bits per heavy atom. The minimum atomic E-state index is -4.31. The van der Waals surface area contributed by atoms with Crippen molar-refractivity contribution in [1.82, 2.24) is 10.2 Å². The van der Waals surface area contributed by atoms with Gasteiger partial charge in [-0.05, 0) is 60.4 Å². The predicted molar refractivity (Wildman–Crippen MR) is 190 cm³/mol. The van der Waals surface area contributed by atoms with Gasteiger partial charge in [0.15, 0.2) is 0 Å². The van der Waals surface area contributed by atoms with Crippen LogP contribution in [0, 0.1) is 0 Å². The van der Waals surface area contributed by atoms with Crippen molar-refractivity contribution < 1.29 is 22.7 Å². The molecule has 8 nitrogen and oxygen atoms in total. The van der Waals surface area contributed by atoms with E-state index in [0.29, 0.717) is 11.3 Å². The molecule has 1 N–H and O–H groups in total. The van der Waals surface area contributed by atoms with Crippen LogP contribution >= 0.6 is 23.2 Å². The van der Waals surface area contributed by atoms with Crippen LogP contribution in [0.3, 0.4) is 0 Å². The van der Waals surface area contributed by atoms with Crippen molar-refractivity contribution in [3.05, 3.63) is 124 Å². The number of hydrogen-bond donors (Lipinski definition) is 1. The van der Waals surface area contributed by atoms with Crippen molar-refractivity contribution in [2.75, 3.05) is 18.0 Å². The average molecular weight is 709 g/mol. The number of anilines is 1. The Balaban J connectivity index is 1.59. The molecule has 0 aliphatic heterocycles. The number of rotatable bonds is 13. The van der Waals surface area contributed by atoms with Gasteiger partial charge in [0, 0.05) is 19.0 Å². The number of sulfonamides is 1. The Morgan fingerprint density at radius 1 is 0.854 bits per heavy atom. The SMILES string of the molecule is COc1cccc(CN(C(=O)CN(c2cccc(Cl)c2Cl)S(=O)(=O)c2ccccc2)[C@@H](Cc2ccccc2)C(=O)NC2CCCCC2)c1.